The molecule has 2 aromatic rings. The van der Waals surface area contributed by atoms with E-state index in [0.717, 1.165) is 11.1 Å². The SMILES string of the molecule is COc1ccccc1C[C@@H](NC(=O)[C@@H](NC(=O)OCc1ccccc1)C(C)C)C(N)=O. The fourth-order valence-electron chi connectivity index (χ4n) is 3.00. The molecule has 2 atom stereocenters. The first-order valence-electron chi connectivity index (χ1n) is 10.0. The standard InChI is InChI=1S/C23H29N3O5/c1-15(2)20(26-23(29)31-14-16-9-5-4-6-10-16)22(28)25-18(21(24)27)13-17-11-7-8-12-19(17)30-3/h4-12,15,18,20H,13-14H2,1-3H3,(H2,24,27)(H,25,28)(H,26,29)/t18-,20+/m1/s1. The predicted octanol–water partition coefficient (Wildman–Crippen LogP) is 2.16. The summed E-state index contributed by atoms with van der Waals surface area (Å²) in [5.74, 6) is -0.867. The Morgan fingerprint density at radius 2 is 1.61 bits per heavy atom. The molecule has 0 bridgehead atoms. The molecule has 0 spiro atoms. The topological polar surface area (TPSA) is 120 Å². The van der Waals surface area contributed by atoms with Gasteiger partial charge in [-0.15, -0.1) is 0 Å². The van der Waals surface area contributed by atoms with Crippen molar-refractivity contribution < 1.29 is 23.9 Å². The maximum Gasteiger partial charge on any atom is 0.408 e. The summed E-state index contributed by atoms with van der Waals surface area (Å²) in [5.41, 5.74) is 7.06. The first-order chi connectivity index (χ1) is 14.8. The second-order valence-electron chi connectivity index (χ2n) is 7.41. The van der Waals surface area contributed by atoms with Crippen LogP contribution in [0, 0.1) is 5.92 Å². The summed E-state index contributed by atoms with van der Waals surface area (Å²) < 4.78 is 10.5. The van der Waals surface area contributed by atoms with Gasteiger partial charge in [0, 0.05) is 6.42 Å². The zero-order valence-electron chi connectivity index (χ0n) is 18.0. The van der Waals surface area contributed by atoms with Crippen LogP contribution in [0.5, 0.6) is 5.75 Å². The number of ether oxygens (including phenoxy) is 2. The third-order valence-electron chi connectivity index (χ3n) is 4.71. The van der Waals surface area contributed by atoms with Gasteiger partial charge in [0.05, 0.1) is 7.11 Å². The van der Waals surface area contributed by atoms with Crippen molar-refractivity contribution in [2.45, 2.75) is 39.0 Å². The van der Waals surface area contributed by atoms with E-state index in [0.29, 0.717) is 5.75 Å². The number of alkyl carbamates (subject to hydrolysis) is 1. The third-order valence-corrected chi connectivity index (χ3v) is 4.71. The van der Waals surface area contributed by atoms with Gasteiger partial charge in [0.1, 0.15) is 24.4 Å². The lowest BCUT2D eigenvalue weighted by atomic mass is 10.0. The number of carbonyl (C=O) groups is 3. The number of carbonyl (C=O) groups excluding carboxylic acids is 3. The fraction of sp³-hybridized carbons (Fsp3) is 0.348. The van der Waals surface area contributed by atoms with Crippen LogP contribution in [-0.2, 0) is 27.4 Å². The second-order valence-corrected chi connectivity index (χ2v) is 7.41. The fourth-order valence-corrected chi connectivity index (χ4v) is 3.00. The molecule has 31 heavy (non-hydrogen) atoms. The van der Waals surface area contributed by atoms with Crippen molar-refractivity contribution in [3.8, 4) is 5.75 Å². The summed E-state index contributed by atoms with van der Waals surface area (Å²) in [6.45, 7) is 3.64. The monoisotopic (exact) mass is 427 g/mol. The Morgan fingerprint density at radius 1 is 0.968 bits per heavy atom. The quantitative estimate of drug-likeness (QED) is 0.537. The number of nitrogens with two attached hydrogens (primary N) is 1. The molecule has 0 radical (unpaired) electrons. The molecule has 0 unspecified atom stereocenters. The lowest BCUT2D eigenvalue weighted by Gasteiger charge is -2.24. The average molecular weight is 428 g/mol. The molecule has 2 rings (SSSR count). The minimum absolute atomic E-state index is 0.0802. The highest BCUT2D eigenvalue weighted by atomic mass is 16.5. The molecule has 8 heteroatoms. The maximum absolute atomic E-state index is 12.8. The summed E-state index contributed by atoms with van der Waals surface area (Å²) in [5, 5.41) is 5.20. The Labute approximate surface area is 182 Å². The molecule has 0 fully saturated rings. The van der Waals surface area contributed by atoms with Crippen molar-refractivity contribution in [2.24, 2.45) is 11.7 Å². The Balaban J connectivity index is 2.01. The van der Waals surface area contributed by atoms with Crippen LogP contribution in [0.15, 0.2) is 54.6 Å². The molecule has 166 valence electrons. The predicted molar refractivity (Wildman–Crippen MR) is 116 cm³/mol. The molecule has 3 amide bonds. The highest BCUT2D eigenvalue weighted by molar-refractivity contribution is 5.91. The first-order valence-corrected chi connectivity index (χ1v) is 10.0. The van der Waals surface area contributed by atoms with Crippen LogP contribution >= 0.6 is 0 Å². The summed E-state index contributed by atoms with van der Waals surface area (Å²) >= 11 is 0. The minimum atomic E-state index is -0.966. The van der Waals surface area contributed by atoms with Gasteiger partial charge in [-0.25, -0.2) is 4.79 Å². The Kier molecular flexibility index (Phi) is 8.87. The molecule has 0 aliphatic carbocycles. The first kappa shape index (κ1) is 23.7. The molecule has 4 N–H and O–H groups in total. The molecule has 0 aliphatic rings. The normalized spacial score (nSPS) is 12.5. The van der Waals surface area contributed by atoms with Gasteiger partial charge in [-0.1, -0.05) is 62.4 Å². The van der Waals surface area contributed by atoms with Crippen molar-refractivity contribution in [1.82, 2.24) is 10.6 Å². The number of benzene rings is 2. The van der Waals surface area contributed by atoms with Crippen molar-refractivity contribution in [3.63, 3.8) is 0 Å². The van der Waals surface area contributed by atoms with E-state index in [4.69, 9.17) is 15.2 Å². The number of hydrogen-bond donors (Lipinski definition) is 3. The highest BCUT2D eigenvalue weighted by Gasteiger charge is 2.29. The van der Waals surface area contributed by atoms with E-state index in [2.05, 4.69) is 10.6 Å². The van der Waals surface area contributed by atoms with Gasteiger partial charge in [-0.05, 0) is 23.1 Å². The van der Waals surface area contributed by atoms with Crippen LogP contribution in [0.2, 0.25) is 0 Å². The molecule has 2 aromatic carbocycles. The zero-order chi connectivity index (χ0) is 22.8. The number of primary amides is 1. The largest absolute Gasteiger partial charge is 0.496 e. The number of nitrogens with one attached hydrogen (secondary N) is 2. The third kappa shape index (κ3) is 7.33. The summed E-state index contributed by atoms with van der Waals surface area (Å²) in [7, 11) is 1.52. The van der Waals surface area contributed by atoms with Gasteiger partial charge in [0.2, 0.25) is 11.8 Å². The molecule has 0 heterocycles. The van der Waals surface area contributed by atoms with Crippen LogP contribution in [0.4, 0.5) is 4.79 Å². The number of para-hydroxylation sites is 1. The summed E-state index contributed by atoms with van der Waals surface area (Å²) in [6, 6.07) is 14.5. The number of methoxy groups -OCH3 is 1. The van der Waals surface area contributed by atoms with Crippen molar-refractivity contribution in [2.75, 3.05) is 7.11 Å². The lowest BCUT2D eigenvalue weighted by molar-refractivity contribution is -0.129. The van der Waals surface area contributed by atoms with Crippen molar-refractivity contribution >= 4 is 17.9 Å². The van der Waals surface area contributed by atoms with Crippen LogP contribution in [0.3, 0.4) is 0 Å². The van der Waals surface area contributed by atoms with Crippen LogP contribution in [0.1, 0.15) is 25.0 Å². The minimum Gasteiger partial charge on any atom is -0.496 e. The Bertz CT molecular complexity index is 886. The van der Waals surface area contributed by atoms with E-state index in [-0.39, 0.29) is 18.9 Å². The summed E-state index contributed by atoms with van der Waals surface area (Å²) in [4.78, 5) is 37.0. The van der Waals surface area contributed by atoms with Crippen LogP contribution in [0.25, 0.3) is 0 Å². The van der Waals surface area contributed by atoms with Gasteiger partial charge in [0.25, 0.3) is 0 Å². The molecule has 8 nitrogen and oxygen atoms in total. The molecular formula is C23H29N3O5. The van der Waals surface area contributed by atoms with E-state index in [1.165, 1.54) is 7.11 Å². The Hall–Kier alpha value is -3.55. The molecule has 0 saturated heterocycles. The maximum atomic E-state index is 12.8. The molecular weight excluding hydrogens is 398 g/mol. The van der Waals surface area contributed by atoms with Crippen molar-refractivity contribution in [3.05, 3.63) is 65.7 Å². The van der Waals surface area contributed by atoms with E-state index in [9.17, 15) is 14.4 Å². The van der Waals surface area contributed by atoms with E-state index in [1.54, 1.807) is 38.1 Å². The van der Waals surface area contributed by atoms with Gasteiger partial charge < -0.3 is 25.8 Å². The highest BCUT2D eigenvalue weighted by Crippen LogP contribution is 2.19. The molecule has 0 aromatic heterocycles. The van der Waals surface area contributed by atoms with Gasteiger partial charge in [-0.3, -0.25) is 9.59 Å². The van der Waals surface area contributed by atoms with E-state index >= 15 is 0 Å². The lowest BCUT2D eigenvalue weighted by Crippen LogP contribution is -2.55. The zero-order valence-corrected chi connectivity index (χ0v) is 18.0. The van der Waals surface area contributed by atoms with Crippen molar-refractivity contribution in [1.29, 1.82) is 0 Å². The van der Waals surface area contributed by atoms with Gasteiger partial charge >= 0.3 is 6.09 Å². The van der Waals surface area contributed by atoms with Crippen LogP contribution < -0.4 is 21.1 Å². The molecule has 0 saturated carbocycles. The van der Waals surface area contributed by atoms with E-state index < -0.39 is 30.0 Å². The summed E-state index contributed by atoms with van der Waals surface area (Å²) in [6.07, 6.45) is -0.563. The average Bonchev–Trinajstić information content (AvgIpc) is 2.76. The second kappa shape index (κ2) is 11.6. The molecule has 0 aliphatic heterocycles. The van der Waals surface area contributed by atoms with Gasteiger partial charge in [-0.2, -0.15) is 0 Å². The number of amides is 3. The van der Waals surface area contributed by atoms with E-state index in [1.807, 2.05) is 30.3 Å². The number of hydrogen-bond acceptors (Lipinski definition) is 5. The Morgan fingerprint density at radius 3 is 2.23 bits per heavy atom. The smallest absolute Gasteiger partial charge is 0.408 e. The van der Waals surface area contributed by atoms with Crippen LogP contribution in [-0.4, -0.2) is 37.1 Å². The van der Waals surface area contributed by atoms with Gasteiger partial charge in [0.15, 0.2) is 0 Å². The number of rotatable bonds is 10.